The summed E-state index contributed by atoms with van der Waals surface area (Å²) in [5.74, 6) is 0.799. The molecule has 0 amide bonds. The molecule has 3 rings (SSSR count). The molecule has 4 unspecified atom stereocenters. The van der Waals surface area contributed by atoms with Crippen LogP contribution in [-0.2, 0) is 4.74 Å². The number of hydrogen-bond donors (Lipinski definition) is 1. The predicted molar refractivity (Wildman–Crippen MR) is 80.1 cm³/mol. The molecule has 0 spiro atoms. The van der Waals surface area contributed by atoms with Gasteiger partial charge in [0.2, 0.25) is 0 Å². The third kappa shape index (κ3) is 1.91. The molecule has 0 aliphatic heterocycles. The van der Waals surface area contributed by atoms with Crippen molar-refractivity contribution >= 4 is 0 Å². The first-order chi connectivity index (χ1) is 9.49. The molecule has 1 heterocycles. The minimum absolute atomic E-state index is 0.00465. The SMILES string of the molecule is CC1(C)C2CCC1(C)C(OC(CN)c1ccncc1)C2. The summed E-state index contributed by atoms with van der Waals surface area (Å²) in [6.45, 7) is 7.77. The van der Waals surface area contributed by atoms with E-state index < -0.39 is 0 Å². The Morgan fingerprint density at radius 3 is 2.55 bits per heavy atom. The smallest absolute Gasteiger partial charge is 0.0952 e. The van der Waals surface area contributed by atoms with Crippen molar-refractivity contribution in [2.24, 2.45) is 22.5 Å². The maximum absolute atomic E-state index is 6.47. The molecular weight excluding hydrogens is 248 g/mol. The third-order valence-corrected chi connectivity index (χ3v) is 6.33. The van der Waals surface area contributed by atoms with E-state index in [9.17, 15) is 0 Å². The highest BCUT2D eigenvalue weighted by atomic mass is 16.5. The van der Waals surface area contributed by atoms with Gasteiger partial charge in [-0.1, -0.05) is 20.8 Å². The number of ether oxygens (including phenoxy) is 1. The summed E-state index contributed by atoms with van der Waals surface area (Å²) >= 11 is 0. The second-order valence-electron chi connectivity index (χ2n) is 7.24. The zero-order valence-corrected chi connectivity index (χ0v) is 12.8. The van der Waals surface area contributed by atoms with E-state index in [-0.39, 0.29) is 11.5 Å². The molecule has 2 bridgehead atoms. The van der Waals surface area contributed by atoms with Gasteiger partial charge in [0.05, 0.1) is 12.2 Å². The fourth-order valence-corrected chi connectivity index (χ4v) is 4.38. The van der Waals surface area contributed by atoms with Crippen molar-refractivity contribution in [3.63, 3.8) is 0 Å². The number of hydrogen-bond acceptors (Lipinski definition) is 3. The zero-order chi connectivity index (χ0) is 14.4. The highest BCUT2D eigenvalue weighted by Gasteiger charge is 2.62. The average molecular weight is 274 g/mol. The summed E-state index contributed by atoms with van der Waals surface area (Å²) in [5, 5.41) is 0. The van der Waals surface area contributed by atoms with Crippen molar-refractivity contribution in [2.45, 2.75) is 52.2 Å². The molecule has 3 nitrogen and oxygen atoms in total. The molecule has 2 fully saturated rings. The topological polar surface area (TPSA) is 48.1 Å². The first kappa shape index (κ1) is 14.0. The molecule has 2 saturated carbocycles. The lowest BCUT2D eigenvalue weighted by Crippen LogP contribution is -2.38. The predicted octanol–water partition coefficient (Wildman–Crippen LogP) is 3.31. The van der Waals surface area contributed by atoms with Crippen molar-refractivity contribution in [1.29, 1.82) is 0 Å². The van der Waals surface area contributed by atoms with Gasteiger partial charge in [-0.05, 0) is 53.7 Å². The van der Waals surface area contributed by atoms with Crippen LogP contribution in [0.3, 0.4) is 0 Å². The van der Waals surface area contributed by atoms with E-state index in [0.29, 0.717) is 18.1 Å². The van der Waals surface area contributed by atoms with E-state index in [4.69, 9.17) is 10.5 Å². The second-order valence-corrected chi connectivity index (χ2v) is 7.24. The number of nitrogens with zero attached hydrogens (tertiary/aromatic N) is 1. The van der Waals surface area contributed by atoms with Crippen LogP contribution >= 0.6 is 0 Å². The van der Waals surface area contributed by atoms with Crippen molar-refractivity contribution in [2.75, 3.05) is 6.54 Å². The fraction of sp³-hybridized carbons (Fsp3) is 0.706. The number of pyridine rings is 1. The highest BCUT2D eigenvalue weighted by molar-refractivity contribution is 5.16. The molecule has 2 aliphatic carbocycles. The molecule has 1 aromatic heterocycles. The Morgan fingerprint density at radius 1 is 1.35 bits per heavy atom. The van der Waals surface area contributed by atoms with Crippen LogP contribution in [0, 0.1) is 16.7 Å². The first-order valence-corrected chi connectivity index (χ1v) is 7.74. The number of fused-ring (bicyclic) bond motifs is 2. The molecule has 4 atom stereocenters. The molecule has 1 aromatic rings. The van der Waals surface area contributed by atoms with E-state index in [1.54, 1.807) is 0 Å². The first-order valence-electron chi connectivity index (χ1n) is 7.74. The van der Waals surface area contributed by atoms with Crippen LogP contribution in [0.25, 0.3) is 0 Å². The normalized spacial score (nSPS) is 36.2. The molecule has 0 saturated heterocycles. The van der Waals surface area contributed by atoms with Gasteiger partial charge in [-0.25, -0.2) is 0 Å². The van der Waals surface area contributed by atoms with Crippen molar-refractivity contribution < 1.29 is 4.74 Å². The maximum atomic E-state index is 6.47. The number of aromatic nitrogens is 1. The Labute approximate surface area is 121 Å². The Hall–Kier alpha value is -0.930. The van der Waals surface area contributed by atoms with E-state index >= 15 is 0 Å². The molecule has 110 valence electrons. The minimum atomic E-state index is -0.00465. The fourth-order valence-electron chi connectivity index (χ4n) is 4.38. The van der Waals surface area contributed by atoms with Crippen LogP contribution in [0.15, 0.2) is 24.5 Å². The lowest BCUT2D eigenvalue weighted by molar-refractivity contribution is -0.0849. The van der Waals surface area contributed by atoms with Gasteiger partial charge in [-0.3, -0.25) is 4.98 Å². The Morgan fingerprint density at radius 2 is 2.05 bits per heavy atom. The van der Waals surface area contributed by atoms with Crippen LogP contribution in [0.1, 0.15) is 51.7 Å². The molecular formula is C17H26N2O. The van der Waals surface area contributed by atoms with E-state index in [0.717, 1.165) is 11.5 Å². The molecule has 20 heavy (non-hydrogen) atoms. The molecule has 2 aliphatic rings. The summed E-state index contributed by atoms with van der Waals surface area (Å²) in [4.78, 5) is 4.07. The zero-order valence-electron chi connectivity index (χ0n) is 12.8. The largest absolute Gasteiger partial charge is 0.368 e. The van der Waals surface area contributed by atoms with Crippen molar-refractivity contribution in [3.05, 3.63) is 30.1 Å². The van der Waals surface area contributed by atoms with Gasteiger partial charge >= 0.3 is 0 Å². The summed E-state index contributed by atoms with van der Waals surface area (Å²) in [6, 6.07) is 4.02. The molecule has 0 aromatic carbocycles. The van der Waals surface area contributed by atoms with E-state index in [1.807, 2.05) is 24.5 Å². The van der Waals surface area contributed by atoms with E-state index in [2.05, 4.69) is 25.8 Å². The van der Waals surface area contributed by atoms with Gasteiger partial charge in [0.15, 0.2) is 0 Å². The van der Waals surface area contributed by atoms with Crippen molar-refractivity contribution in [1.82, 2.24) is 4.98 Å². The lowest BCUT2D eigenvalue weighted by Gasteiger charge is -2.40. The Bertz CT molecular complexity index is 473. The number of rotatable bonds is 4. The summed E-state index contributed by atoms with van der Waals surface area (Å²) in [7, 11) is 0. The molecule has 2 N–H and O–H groups in total. The third-order valence-electron chi connectivity index (χ3n) is 6.33. The quantitative estimate of drug-likeness (QED) is 0.916. The van der Waals surface area contributed by atoms with Crippen molar-refractivity contribution in [3.8, 4) is 0 Å². The molecule has 3 heteroatoms. The average Bonchev–Trinajstić information content (AvgIpc) is 2.78. The van der Waals surface area contributed by atoms with E-state index in [1.165, 1.54) is 19.3 Å². The maximum Gasteiger partial charge on any atom is 0.0952 e. The summed E-state index contributed by atoms with van der Waals surface area (Å²) < 4.78 is 6.47. The highest BCUT2D eigenvalue weighted by Crippen LogP contribution is 2.66. The van der Waals surface area contributed by atoms with Crippen LogP contribution in [0.4, 0.5) is 0 Å². The molecule has 0 radical (unpaired) electrons. The Kier molecular flexibility index (Phi) is 3.38. The second kappa shape index (κ2) is 4.81. The van der Waals surface area contributed by atoms with Gasteiger partial charge in [0.1, 0.15) is 0 Å². The van der Waals surface area contributed by atoms with Crippen LogP contribution < -0.4 is 5.73 Å². The van der Waals surface area contributed by atoms with Gasteiger partial charge in [-0.2, -0.15) is 0 Å². The summed E-state index contributed by atoms with van der Waals surface area (Å²) in [5.41, 5.74) is 7.77. The van der Waals surface area contributed by atoms with Crippen LogP contribution in [0.2, 0.25) is 0 Å². The van der Waals surface area contributed by atoms with Crippen LogP contribution in [-0.4, -0.2) is 17.6 Å². The minimum Gasteiger partial charge on any atom is -0.368 e. The Balaban J connectivity index is 1.79. The van der Waals surface area contributed by atoms with Gasteiger partial charge in [0.25, 0.3) is 0 Å². The van der Waals surface area contributed by atoms with Gasteiger partial charge in [-0.15, -0.1) is 0 Å². The standard InChI is InChI=1S/C17H26N2O/c1-16(2)13-4-7-17(16,3)15(10-13)20-14(11-18)12-5-8-19-9-6-12/h5-6,8-9,13-15H,4,7,10-11,18H2,1-3H3. The summed E-state index contributed by atoms with van der Waals surface area (Å²) in [6.07, 6.45) is 7.77. The van der Waals surface area contributed by atoms with Gasteiger partial charge < -0.3 is 10.5 Å². The van der Waals surface area contributed by atoms with Gasteiger partial charge in [0, 0.05) is 18.9 Å². The van der Waals surface area contributed by atoms with Crippen LogP contribution in [0.5, 0.6) is 0 Å². The monoisotopic (exact) mass is 274 g/mol. The number of nitrogens with two attached hydrogens (primary N) is 1. The lowest BCUT2D eigenvalue weighted by atomic mass is 9.70.